The van der Waals surface area contributed by atoms with Crippen LogP contribution in [-0.2, 0) is 0 Å². The van der Waals surface area contributed by atoms with Crippen molar-refractivity contribution in [2.24, 2.45) is 0 Å². The first-order valence-electron chi connectivity index (χ1n) is 5.17. The molecule has 0 fully saturated rings. The Morgan fingerprint density at radius 3 is 2.88 bits per heavy atom. The second-order valence-corrected chi connectivity index (χ2v) is 4.10. The zero-order valence-electron chi connectivity index (χ0n) is 9.15. The number of rotatable bonds is 4. The van der Waals surface area contributed by atoms with Crippen LogP contribution in [0.5, 0.6) is 0 Å². The van der Waals surface area contributed by atoms with Crippen molar-refractivity contribution in [3.8, 4) is 0 Å². The van der Waals surface area contributed by atoms with Crippen molar-refractivity contribution >= 4 is 11.5 Å². The van der Waals surface area contributed by atoms with Gasteiger partial charge in [0.15, 0.2) is 0 Å². The van der Waals surface area contributed by atoms with Crippen LogP contribution in [0.4, 0.5) is 8.78 Å². The van der Waals surface area contributed by atoms with Crippen LogP contribution in [-0.4, -0.2) is 16.1 Å². The van der Waals surface area contributed by atoms with Crippen molar-refractivity contribution in [2.45, 2.75) is 13.0 Å². The Balaban J connectivity index is 2.42. The highest BCUT2D eigenvalue weighted by Crippen LogP contribution is 2.24. The van der Waals surface area contributed by atoms with Gasteiger partial charge in [0.05, 0.1) is 11.7 Å². The highest BCUT2D eigenvalue weighted by atomic mass is 32.1. The fourth-order valence-corrected chi connectivity index (χ4v) is 2.09. The molecule has 6 heteroatoms. The third-order valence-electron chi connectivity index (χ3n) is 2.35. The lowest BCUT2D eigenvalue weighted by Gasteiger charge is -2.16. The smallest absolute Gasteiger partial charge is 0.128 e. The fraction of sp³-hybridized carbons (Fsp3) is 0.273. The molecule has 2 aromatic rings. The van der Waals surface area contributed by atoms with Gasteiger partial charge in [-0.2, -0.15) is 0 Å². The molecule has 2 rings (SSSR count). The summed E-state index contributed by atoms with van der Waals surface area (Å²) in [5, 5.41) is 8.69. The minimum atomic E-state index is -0.465. The number of benzene rings is 1. The van der Waals surface area contributed by atoms with Crippen LogP contribution >= 0.6 is 11.5 Å². The highest BCUT2D eigenvalue weighted by molar-refractivity contribution is 7.03. The third-order valence-corrected chi connectivity index (χ3v) is 2.87. The Kier molecular flexibility index (Phi) is 3.75. The zero-order valence-corrected chi connectivity index (χ0v) is 9.97. The molecule has 90 valence electrons. The first-order valence-corrected chi connectivity index (χ1v) is 6.01. The van der Waals surface area contributed by atoms with E-state index in [1.807, 2.05) is 6.92 Å². The predicted molar refractivity (Wildman–Crippen MR) is 61.8 cm³/mol. The Bertz CT molecular complexity index is 487. The summed E-state index contributed by atoms with van der Waals surface area (Å²) >= 11 is 1.18. The van der Waals surface area contributed by atoms with E-state index in [2.05, 4.69) is 14.9 Å². The summed E-state index contributed by atoms with van der Waals surface area (Å²) in [6.07, 6.45) is 0. The summed E-state index contributed by atoms with van der Waals surface area (Å²) in [7, 11) is 0. The van der Waals surface area contributed by atoms with Crippen molar-refractivity contribution in [2.75, 3.05) is 6.54 Å². The van der Waals surface area contributed by atoms with E-state index in [1.54, 1.807) is 5.38 Å². The van der Waals surface area contributed by atoms with E-state index >= 15 is 0 Å². The molecule has 0 saturated carbocycles. The minimum Gasteiger partial charge on any atom is -0.305 e. The molecule has 1 N–H and O–H groups in total. The van der Waals surface area contributed by atoms with Gasteiger partial charge in [0.25, 0.3) is 0 Å². The van der Waals surface area contributed by atoms with E-state index in [-0.39, 0.29) is 5.56 Å². The predicted octanol–water partition coefficient (Wildman–Crippen LogP) is 2.52. The number of halogens is 2. The van der Waals surface area contributed by atoms with Gasteiger partial charge in [-0.05, 0) is 36.3 Å². The molecule has 1 aromatic heterocycles. The van der Waals surface area contributed by atoms with Crippen LogP contribution in [0.3, 0.4) is 0 Å². The lowest BCUT2D eigenvalue weighted by molar-refractivity contribution is 0.538. The first-order chi connectivity index (χ1) is 8.22. The molecule has 0 radical (unpaired) electrons. The summed E-state index contributed by atoms with van der Waals surface area (Å²) in [6.45, 7) is 2.52. The second-order valence-electron chi connectivity index (χ2n) is 3.49. The van der Waals surface area contributed by atoms with E-state index in [0.717, 1.165) is 12.1 Å². The quantitative estimate of drug-likeness (QED) is 0.912. The van der Waals surface area contributed by atoms with Gasteiger partial charge in [-0.25, -0.2) is 8.78 Å². The Hall–Kier alpha value is -1.40. The number of nitrogens with one attached hydrogen (secondary N) is 1. The van der Waals surface area contributed by atoms with E-state index in [0.29, 0.717) is 12.2 Å². The largest absolute Gasteiger partial charge is 0.305 e. The lowest BCUT2D eigenvalue weighted by Crippen LogP contribution is -2.23. The highest BCUT2D eigenvalue weighted by Gasteiger charge is 2.19. The third kappa shape index (κ3) is 2.65. The second kappa shape index (κ2) is 5.29. The monoisotopic (exact) mass is 255 g/mol. The van der Waals surface area contributed by atoms with Gasteiger partial charge >= 0.3 is 0 Å². The molecule has 1 unspecified atom stereocenters. The first kappa shape index (κ1) is 12.1. The lowest BCUT2D eigenvalue weighted by atomic mass is 10.0. The molecule has 0 spiro atoms. The average molecular weight is 255 g/mol. The van der Waals surface area contributed by atoms with Crippen molar-refractivity contribution in [3.63, 3.8) is 0 Å². The summed E-state index contributed by atoms with van der Waals surface area (Å²) in [4.78, 5) is 0. The molecule has 1 heterocycles. The maximum absolute atomic E-state index is 13.7. The molecule has 1 atom stereocenters. The standard InChI is InChI=1S/C11H11F2N3S/c1-2-14-11(10-6-17-16-15-10)8-5-7(12)3-4-9(8)13/h3-6,11,14H,2H2,1H3. The van der Waals surface area contributed by atoms with Gasteiger partial charge in [-0.15, -0.1) is 5.10 Å². The van der Waals surface area contributed by atoms with Gasteiger partial charge in [-0.1, -0.05) is 11.4 Å². The minimum absolute atomic E-state index is 0.250. The molecule has 17 heavy (non-hydrogen) atoms. The maximum atomic E-state index is 13.7. The summed E-state index contributed by atoms with van der Waals surface area (Å²) in [6, 6.07) is 2.94. The van der Waals surface area contributed by atoms with Crippen LogP contribution < -0.4 is 5.32 Å². The zero-order chi connectivity index (χ0) is 12.3. The van der Waals surface area contributed by atoms with Crippen LogP contribution in [0.2, 0.25) is 0 Å². The number of aromatic nitrogens is 2. The molecule has 0 amide bonds. The number of nitrogens with zero attached hydrogens (tertiary/aromatic N) is 2. The van der Waals surface area contributed by atoms with E-state index in [1.165, 1.54) is 17.6 Å². The average Bonchev–Trinajstić information content (AvgIpc) is 2.83. The van der Waals surface area contributed by atoms with E-state index < -0.39 is 17.7 Å². The fourth-order valence-electron chi connectivity index (χ4n) is 1.61. The Morgan fingerprint density at radius 2 is 2.24 bits per heavy atom. The maximum Gasteiger partial charge on any atom is 0.128 e. The van der Waals surface area contributed by atoms with Crippen molar-refractivity contribution in [1.29, 1.82) is 0 Å². The molecule has 1 aromatic carbocycles. The van der Waals surface area contributed by atoms with Gasteiger partial charge in [0, 0.05) is 10.9 Å². The van der Waals surface area contributed by atoms with Crippen molar-refractivity contribution < 1.29 is 8.78 Å². The van der Waals surface area contributed by atoms with Gasteiger partial charge in [0.1, 0.15) is 11.6 Å². The van der Waals surface area contributed by atoms with Crippen LogP contribution in [0.25, 0.3) is 0 Å². The topological polar surface area (TPSA) is 37.8 Å². The molecule has 3 nitrogen and oxygen atoms in total. The van der Waals surface area contributed by atoms with Gasteiger partial charge < -0.3 is 5.32 Å². The van der Waals surface area contributed by atoms with Crippen LogP contribution in [0.15, 0.2) is 23.6 Å². The summed E-state index contributed by atoms with van der Waals surface area (Å²) in [5.74, 6) is -0.919. The Labute approximate surface area is 102 Å². The molecule has 0 bridgehead atoms. The van der Waals surface area contributed by atoms with Crippen LogP contribution in [0.1, 0.15) is 24.2 Å². The summed E-state index contributed by atoms with van der Waals surface area (Å²) in [5.41, 5.74) is 0.848. The van der Waals surface area contributed by atoms with Gasteiger partial charge in [-0.3, -0.25) is 0 Å². The normalized spacial score (nSPS) is 12.6. The SMILES string of the molecule is CCNC(c1csnn1)c1cc(F)ccc1F. The van der Waals surface area contributed by atoms with E-state index in [9.17, 15) is 8.78 Å². The van der Waals surface area contributed by atoms with Gasteiger partial charge in [0.2, 0.25) is 0 Å². The molecule has 0 aliphatic heterocycles. The molecular weight excluding hydrogens is 244 g/mol. The Morgan fingerprint density at radius 1 is 1.41 bits per heavy atom. The summed E-state index contributed by atoms with van der Waals surface area (Å²) < 4.78 is 30.6. The number of hydrogen-bond acceptors (Lipinski definition) is 4. The molecular formula is C11H11F2N3S. The molecule has 0 aliphatic rings. The van der Waals surface area contributed by atoms with E-state index in [4.69, 9.17) is 0 Å². The van der Waals surface area contributed by atoms with Crippen LogP contribution in [0, 0.1) is 11.6 Å². The molecule has 0 saturated heterocycles. The molecule has 0 aliphatic carbocycles. The number of hydrogen-bond donors (Lipinski definition) is 1. The van der Waals surface area contributed by atoms with Crippen molar-refractivity contribution in [1.82, 2.24) is 14.9 Å². The van der Waals surface area contributed by atoms with Crippen molar-refractivity contribution in [3.05, 3.63) is 46.5 Å².